The van der Waals surface area contributed by atoms with Gasteiger partial charge in [-0.05, 0) is 63.6 Å². The fourth-order valence-corrected chi connectivity index (χ4v) is 4.94. The molecule has 1 unspecified atom stereocenters. The van der Waals surface area contributed by atoms with Crippen LogP contribution in [-0.2, 0) is 26.2 Å². The molecule has 2 rings (SSSR count). The molecule has 0 aromatic heterocycles. The minimum atomic E-state index is -3.84. The SMILES string of the molecule is CCC(C(=O)NC(C)(C)C)N(Cc1c(Cl)cccc1Cl)C(=O)CN(c1ccc(Cl)cc1)S(C)(=O)=O. The molecule has 0 saturated heterocycles. The number of rotatable bonds is 9. The maximum Gasteiger partial charge on any atom is 0.244 e. The van der Waals surface area contributed by atoms with Crippen molar-refractivity contribution in [1.82, 2.24) is 10.2 Å². The molecular weight excluding hydrogens is 533 g/mol. The number of nitrogens with zero attached hydrogens (tertiary/aromatic N) is 2. The Morgan fingerprint density at radius 2 is 1.54 bits per heavy atom. The molecule has 2 aromatic rings. The summed E-state index contributed by atoms with van der Waals surface area (Å²) < 4.78 is 26.2. The molecule has 0 saturated carbocycles. The highest BCUT2D eigenvalue weighted by Crippen LogP contribution is 2.28. The zero-order valence-corrected chi connectivity index (χ0v) is 23.4. The molecule has 192 valence electrons. The van der Waals surface area contributed by atoms with Gasteiger partial charge >= 0.3 is 0 Å². The lowest BCUT2D eigenvalue weighted by molar-refractivity contribution is -0.141. The van der Waals surface area contributed by atoms with Crippen molar-refractivity contribution in [3.63, 3.8) is 0 Å². The van der Waals surface area contributed by atoms with Gasteiger partial charge in [-0.25, -0.2) is 8.42 Å². The van der Waals surface area contributed by atoms with Crippen LogP contribution in [0.15, 0.2) is 42.5 Å². The first kappa shape index (κ1) is 29.2. The molecule has 1 N–H and O–H groups in total. The normalized spacial score (nSPS) is 12.7. The summed E-state index contributed by atoms with van der Waals surface area (Å²) >= 11 is 18.7. The lowest BCUT2D eigenvalue weighted by atomic mass is 10.1. The second-order valence-electron chi connectivity index (χ2n) is 9.13. The summed E-state index contributed by atoms with van der Waals surface area (Å²) in [5, 5.41) is 3.99. The first-order chi connectivity index (χ1) is 16.1. The van der Waals surface area contributed by atoms with E-state index in [0.717, 1.165) is 10.6 Å². The third kappa shape index (κ3) is 8.27. The van der Waals surface area contributed by atoms with Gasteiger partial charge in [0.15, 0.2) is 0 Å². The Bertz CT molecular complexity index is 1150. The predicted molar refractivity (Wildman–Crippen MR) is 143 cm³/mol. The van der Waals surface area contributed by atoms with Crippen LogP contribution in [0.25, 0.3) is 0 Å². The van der Waals surface area contributed by atoms with E-state index in [1.165, 1.54) is 29.2 Å². The average molecular weight is 563 g/mol. The van der Waals surface area contributed by atoms with Crippen molar-refractivity contribution in [1.29, 1.82) is 0 Å². The zero-order chi connectivity index (χ0) is 26.6. The lowest BCUT2D eigenvalue weighted by Gasteiger charge is -2.34. The quantitative estimate of drug-likeness (QED) is 0.459. The molecule has 0 aliphatic rings. The van der Waals surface area contributed by atoms with Gasteiger partial charge < -0.3 is 10.2 Å². The highest BCUT2D eigenvalue weighted by Gasteiger charge is 2.33. The van der Waals surface area contributed by atoms with Crippen LogP contribution >= 0.6 is 34.8 Å². The second-order valence-corrected chi connectivity index (χ2v) is 12.3. The predicted octanol–water partition coefficient (Wildman–Crippen LogP) is 5.13. The summed E-state index contributed by atoms with van der Waals surface area (Å²) in [6.07, 6.45) is 1.29. The topological polar surface area (TPSA) is 86.8 Å². The summed E-state index contributed by atoms with van der Waals surface area (Å²) in [5.74, 6) is -0.953. The molecule has 0 aliphatic heterocycles. The second kappa shape index (κ2) is 11.8. The number of benzene rings is 2. The zero-order valence-electron chi connectivity index (χ0n) is 20.3. The van der Waals surface area contributed by atoms with E-state index >= 15 is 0 Å². The number of halogens is 3. The van der Waals surface area contributed by atoms with Gasteiger partial charge in [-0.15, -0.1) is 0 Å². The maximum absolute atomic E-state index is 13.7. The van der Waals surface area contributed by atoms with Crippen molar-refractivity contribution in [3.05, 3.63) is 63.1 Å². The van der Waals surface area contributed by atoms with Gasteiger partial charge in [-0.1, -0.05) is 47.8 Å². The van der Waals surface area contributed by atoms with Crippen molar-refractivity contribution in [2.24, 2.45) is 0 Å². The molecule has 0 radical (unpaired) electrons. The van der Waals surface area contributed by atoms with Crippen LogP contribution in [-0.4, -0.2) is 49.5 Å². The molecule has 35 heavy (non-hydrogen) atoms. The van der Waals surface area contributed by atoms with Crippen molar-refractivity contribution >= 4 is 62.3 Å². The van der Waals surface area contributed by atoms with Gasteiger partial charge in [0.2, 0.25) is 21.8 Å². The molecule has 7 nitrogen and oxygen atoms in total. The number of anilines is 1. The van der Waals surface area contributed by atoms with Gasteiger partial charge in [0.1, 0.15) is 12.6 Å². The van der Waals surface area contributed by atoms with Crippen LogP contribution in [0.5, 0.6) is 0 Å². The van der Waals surface area contributed by atoms with Crippen LogP contribution < -0.4 is 9.62 Å². The number of carbonyl (C=O) groups excluding carboxylic acids is 2. The molecule has 2 aromatic carbocycles. The van der Waals surface area contributed by atoms with E-state index in [-0.39, 0.29) is 24.6 Å². The van der Waals surface area contributed by atoms with Crippen molar-refractivity contribution < 1.29 is 18.0 Å². The summed E-state index contributed by atoms with van der Waals surface area (Å²) in [5.41, 5.74) is 0.195. The summed E-state index contributed by atoms with van der Waals surface area (Å²) in [4.78, 5) is 28.2. The summed E-state index contributed by atoms with van der Waals surface area (Å²) in [7, 11) is -3.84. The van der Waals surface area contributed by atoms with Gasteiger partial charge in [-0.2, -0.15) is 0 Å². The fourth-order valence-electron chi connectivity index (χ4n) is 3.45. The first-order valence-electron chi connectivity index (χ1n) is 10.9. The van der Waals surface area contributed by atoms with Crippen LogP contribution in [0.2, 0.25) is 15.1 Å². The van der Waals surface area contributed by atoms with E-state index in [9.17, 15) is 18.0 Å². The Balaban J connectivity index is 2.51. The van der Waals surface area contributed by atoms with Gasteiger partial charge in [0.25, 0.3) is 0 Å². The number of amides is 2. The Labute approximate surface area is 222 Å². The van der Waals surface area contributed by atoms with E-state index in [1.807, 2.05) is 20.8 Å². The van der Waals surface area contributed by atoms with Crippen LogP contribution in [0.4, 0.5) is 5.69 Å². The molecule has 0 bridgehead atoms. The van der Waals surface area contributed by atoms with E-state index < -0.39 is 34.1 Å². The minimum absolute atomic E-state index is 0.0777. The number of hydrogen-bond acceptors (Lipinski definition) is 4. The third-order valence-corrected chi connectivity index (χ3v) is 7.17. The van der Waals surface area contributed by atoms with E-state index in [4.69, 9.17) is 34.8 Å². The average Bonchev–Trinajstić information content (AvgIpc) is 2.72. The standard InChI is InChI=1S/C24H30Cl3N3O4S/c1-6-21(23(32)28-24(2,3)4)29(14-18-19(26)8-7-9-20(18)27)22(31)15-30(35(5,33)34)17-12-10-16(25)11-13-17/h7-13,21H,6,14-15H2,1-5H3,(H,28,32). The highest BCUT2D eigenvalue weighted by atomic mass is 35.5. The Morgan fingerprint density at radius 1 is 1.00 bits per heavy atom. The molecule has 0 spiro atoms. The number of sulfonamides is 1. The Morgan fingerprint density at radius 3 is 2.00 bits per heavy atom. The van der Waals surface area contributed by atoms with Crippen LogP contribution in [0.1, 0.15) is 39.7 Å². The smallest absolute Gasteiger partial charge is 0.244 e. The third-order valence-electron chi connectivity index (χ3n) is 5.07. The molecule has 0 fully saturated rings. The van der Waals surface area contributed by atoms with Crippen molar-refractivity contribution in [3.8, 4) is 0 Å². The van der Waals surface area contributed by atoms with Crippen LogP contribution in [0, 0.1) is 0 Å². The molecule has 0 heterocycles. The van der Waals surface area contributed by atoms with E-state index in [1.54, 1.807) is 25.1 Å². The minimum Gasteiger partial charge on any atom is -0.350 e. The molecule has 0 aliphatic carbocycles. The monoisotopic (exact) mass is 561 g/mol. The first-order valence-corrected chi connectivity index (χ1v) is 13.9. The van der Waals surface area contributed by atoms with Gasteiger partial charge in [0, 0.05) is 32.7 Å². The number of carbonyl (C=O) groups is 2. The lowest BCUT2D eigenvalue weighted by Crippen LogP contribution is -2.55. The molecular formula is C24H30Cl3N3O4S. The summed E-state index contributed by atoms with van der Waals surface area (Å²) in [6.45, 7) is 6.67. The van der Waals surface area contributed by atoms with E-state index in [2.05, 4.69) is 5.32 Å². The van der Waals surface area contributed by atoms with Crippen LogP contribution in [0.3, 0.4) is 0 Å². The molecule has 2 amide bonds. The van der Waals surface area contributed by atoms with Crippen molar-refractivity contribution in [2.45, 2.75) is 52.2 Å². The molecule has 11 heteroatoms. The Kier molecular flexibility index (Phi) is 9.87. The van der Waals surface area contributed by atoms with E-state index in [0.29, 0.717) is 20.6 Å². The highest BCUT2D eigenvalue weighted by molar-refractivity contribution is 7.92. The number of hydrogen-bond donors (Lipinski definition) is 1. The maximum atomic E-state index is 13.7. The number of nitrogens with one attached hydrogen (secondary N) is 1. The Hall–Kier alpha value is -2.00. The van der Waals surface area contributed by atoms with Gasteiger partial charge in [-0.3, -0.25) is 13.9 Å². The summed E-state index contributed by atoms with van der Waals surface area (Å²) in [6, 6.07) is 10.1. The largest absolute Gasteiger partial charge is 0.350 e. The van der Waals surface area contributed by atoms with Gasteiger partial charge in [0.05, 0.1) is 11.9 Å². The fraction of sp³-hybridized carbons (Fsp3) is 0.417. The van der Waals surface area contributed by atoms with Crippen molar-refractivity contribution in [2.75, 3.05) is 17.1 Å². The molecule has 1 atom stereocenters.